The van der Waals surface area contributed by atoms with Crippen LogP contribution in [0.3, 0.4) is 0 Å². The van der Waals surface area contributed by atoms with Gasteiger partial charge in [0.1, 0.15) is 6.54 Å². The molecule has 0 bridgehead atoms. The van der Waals surface area contributed by atoms with Crippen molar-refractivity contribution in [2.75, 3.05) is 7.05 Å². The van der Waals surface area contributed by atoms with Crippen molar-refractivity contribution in [3.05, 3.63) is 46.4 Å². The zero-order chi connectivity index (χ0) is 14.3. The van der Waals surface area contributed by atoms with Gasteiger partial charge >= 0.3 is 0 Å². The number of likely N-dealkylation sites (N-methyl/N-ethyl adjacent to an activating group) is 1. The molecule has 6 nitrogen and oxygen atoms in total. The molecule has 0 fully saturated rings. The number of nitrogens with one attached hydrogen (secondary N) is 1. The topological polar surface area (TPSA) is 68.4 Å². The highest BCUT2D eigenvalue weighted by Crippen LogP contribution is 2.21. The summed E-state index contributed by atoms with van der Waals surface area (Å²) in [4.78, 5) is 27.4. The number of amides is 1. The van der Waals surface area contributed by atoms with Crippen LogP contribution in [0.1, 0.15) is 5.69 Å². The Labute approximate surface area is 114 Å². The molecule has 0 aliphatic rings. The number of nitrogens with zero attached hydrogens (tertiary/aromatic N) is 3. The maximum Gasteiger partial charge on any atom is 0.273 e. The normalized spacial score (nSPS) is 11.1. The van der Waals surface area contributed by atoms with Gasteiger partial charge in [-0.15, -0.1) is 0 Å². The number of rotatable bonds is 2. The van der Waals surface area contributed by atoms with Crippen LogP contribution in [-0.2, 0) is 11.3 Å². The summed E-state index contributed by atoms with van der Waals surface area (Å²) in [6.07, 6.45) is 0. The van der Waals surface area contributed by atoms with E-state index in [0.29, 0.717) is 5.65 Å². The number of carbonyl (C=O) groups excluding carboxylic acids is 1. The van der Waals surface area contributed by atoms with Gasteiger partial charge in [0, 0.05) is 24.2 Å². The predicted octanol–water partition coefficient (Wildman–Crippen LogP) is 0.704. The summed E-state index contributed by atoms with van der Waals surface area (Å²) in [6.45, 7) is 2.00. The predicted molar refractivity (Wildman–Crippen MR) is 75.8 cm³/mol. The third-order valence-corrected chi connectivity index (χ3v) is 3.32. The Balaban J connectivity index is 2.45. The molecule has 102 valence electrons. The zero-order valence-corrected chi connectivity index (χ0v) is 11.3. The minimum absolute atomic E-state index is 0.106. The van der Waals surface area contributed by atoms with E-state index in [4.69, 9.17) is 0 Å². The van der Waals surface area contributed by atoms with Crippen molar-refractivity contribution in [1.29, 1.82) is 0 Å². The Hall–Kier alpha value is -2.63. The Kier molecular flexibility index (Phi) is 2.78. The lowest BCUT2D eigenvalue weighted by atomic mass is 10.2. The van der Waals surface area contributed by atoms with Crippen LogP contribution < -0.4 is 10.9 Å². The van der Waals surface area contributed by atoms with Gasteiger partial charge in [0.15, 0.2) is 5.65 Å². The van der Waals surface area contributed by atoms with Crippen LogP contribution in [0.2, 0.25) is 0 Å². The quantitative estimate of drug-likeness (QED) is 0.745. The molecule has 0 aliphatic carbocycles. The SMILES string of the molecule is CNC(=O)Cn1c2ccccc2c2nc(=O)cc(C)n21. The molecular weight excluding hydrogens is 256 g/mol. The fourth-order valence-corrected chi connectivity index (χ4v) is 2.44. The van der Waals surface area contributed by atoms with E-state index in [2.05, 4.69) is 10.3 Å². The van der Waals surface area contributed by atoms with Crippen LogP contribution >= 0.6 is 0 Å². The molecule has 0 saturated carbocycles. The van der Waals surface area contributed by atoms with E-state index >= 15 is 0 Å². The Morgan fingerprint density at radius 1 is 1.35 bits per heavy atom. The standard InChI is InChI=1S/C14H14N4O2/c1-9-7-12(19)16-14-10-5-3-4-6-11(10)17(18(9)14)8-13(20)15-2/h3-7H,8H2,1-2H3,(H,15,20). The molecule has 1 amide bonds. The summed E-state index contributed by atoms with van der Waals surface area (Å²) >= 11 is 0. The summed E-state index contributed by atoms with van der Waals surface area (Å²) in [5.74, 6) is -0.106. The molecular formula is C14H14N4O2. The fraction of sp³-hybridized carbons (Fsp3) is 0.214. The molecule has 3 aromatic rings. The molecule has 0 saturated heterocycles. The molecule has 20 heavy (non-hydrogen) atoms. The average Bonchev–Trinajstić information content (AvgIpc) is 2.74. The Morgan fingerprint density at radius 3 is 2.85 bits per heavy atom. The van der Waals surface area contributed by atoms with Crippen LogP contribution in [0.15, 0.2) is 35.1 Å². The maximum atomic E-state index is 11.7. The minimum atomic E-state index is -0.273. The first-order valence-electron chi connectivity index (χ1n) is 6.30. The summed E-state index contributed by atoms with van der Waals surface area (Å²) < 4.78 is 3.63. The van der Waals surface area contributed by atoms with Crippen molar-refractivity contribution < 1.29 is 4.79 Å². The molecule has 1 aromatic carbocycles. The first-order valence-corrected chi connectivity index (χ1v) is 6.30. The molecule has 0 atom stereocenters. The number of hydrogen-bond acceptors (Lipinski definition) is 3. The Morgan fingerprint density at radius 2 is 2.10 bits per heavy atom. The van der Waals surface area contributed by atoms with Gasteiger partial charge in [-0.1, -0.05) is 12.1 Å². The molecule has 6 heteroatoms. The van der Waals surface area contributed by atoms with Gasteiger partial charge in [-0.05, 0) is 19.1 Å². The Bertz CT molecular complexity index is 876. The molecule has 0 unspecified atom stereocenters. The van der Waals surface area contributed by atoms with Gasteiger partial charge in [-0.2, -0.15) is 4.98 Å². The second kappa shape index (κ2) is 4.48. The van der Waals surface area contributed by atoms with Gasteiger partial charge in [-0.3, -0.25) is 14.3 Å². The second-order valence-electron chi connectivity index (χ2n) is 4.62. The molecule has 0 aliphatic heterocycles. The van der Waals surface area contributed by atoms with E-state index in [0.717, 1.165) is 16.6 Å². The lowest BCUT2D eigenvalue weighted by molar-refractivity contribution is -0.121. The molecule has 3 rings (SSSR count). The molecule has 2 aromatic heterocycles. The number of aromatic nitrogens is 3. The largest absolute Gasteiger partial charge is 0.358 e. The fourth-order valence-electron chi connectivity index (χ4n) is 2.44. The van der Waals surface area contributed by atoms with Gasteiger partial charge in [-0.25, -0.2) is 4.52 Å². The first-order chi connectivity index (χ1) is 9.61. The maximum absolute atomic E-state index is 11.7. The number of aryl methyl sites for hydroxylation is 1. The van der Waals surface area contributed by atoms with Crippen LogP contribution in [0.5, 0.6) is 0 Å². The van der Waals surface area contributed by atoms with E-state index in [9.17, 15) is 9.59 Å². The number of benzene rings is 1. The van der Waals surface area contributed by atoms with E-state index in [-0.39, 0.29) is 18.0 Å². The highest BCUT2D eigenvalue weighted by molar-refractivity contribution is 5.93. The van der Waals surface area contributed by atoms with Gasteiger partial charge < -0.3 is 5.32 Å². The monoisotopic (exact) mass is 270 g/mol. The molecule has 0 radical (unpaired) electrons. The summed E-state index contributed by atoms with van der Waals surface area (Å²) in [6, 6.07) is 9.07. The van der Waals surface area contributed by atoms with Crippen molar-refractivity contribution in [1.82, 2.24) is 19.5 Å². The highest BCUT2D eigenvalue weighted by atomic mass is 16.2. The van der Waals surface area contributed by atoms with Crippen molar-refractivity contribution in [2.24, 2.45) is 0 Å². The van der Waals surface area contributed by atoms with Crippen molar-refractivity contribution in [3.8, 4) is 0 Å². The lowest BCUT2D eigenvalue weighted by Gasteiger charge is -2.09. The van der Waals surface area contributed by atoms with Crippen molar-refractivity contribution in [2.45, 2.75) is 13.5 Å². The second-order valence-corrected chi connectivity index (χ2v) is 4.62. The van der Waals surface area contributed by atoms with E-state index in [1.807, 2.05) is 35.9 Å². The minimum Gasteiger partial charge on any atom is -0.358 e. The van der Waals surface area contributed by atoms with Gasteiger partial charge in [0.25, 0.3) is 5.56 Å². The molecule has 0 spiro atoms. The smallest absolute Gasteiger partial charge is 0.273 e. The van der Waals surface area contributed by atoms with Crippen LogP contribution in [0.4, 0.5) is 0 Å². The molecule has 1 N–H and O–H groups in total. The van der Waals surface area contributed by atoms with E-state index in [1.54, 1.807) is 11.6 Å². The van der Waals surface area contributed by atoms with E-state index in [1.165, 1.54) is 6.07 Å². The number of para-hydroxylation sites is 1. The summed E-state index contributed by atoms with van der Waals surface area (Å²) in [7, 11) is 1.60. The van der Waals surface area contributed by atoms with Crippen molar-refractivity contribution >= 4 is 22.5 Å². The van der Waals surface area contributed by atoms with Gasteiger partial charge in [0.2, 0.25) is 5.91 Å². The third-order valence-electron chi connectivity index (χ3n) is 3.32. The summed E-state index contributed by atoms with van der Waals surface area (Å²) in [5, 5.41) is 3.47. The average molecular weight is 270 g/mol. The lowest BCUT2D eigenvalue weighted by Crippen LogP contribution is -2.26. The highest BCUT2D eigenvalue weighted by Gasteiger charge is 2.14. The number of carbonyl (C=O) groups is 1. The number of fused-ring (bicyclic) bond motifs is 3. The third kappa shape index (κ3) is 1.77. The van der Waals surface area contributed by atoms with Gasteiger partial charge in [0.05, 0.1) is 5.52 Å². The zero-order valence-electron chi connectivity index (χ0n) is 11.3. The van der Waals surface area contributed by atoms with E-state index < -0.39 is 0 Å². The van der Waals surface area contributed by atoms with Crippen LogP contribution in [0, 0.1) is 6.92 Å². The van der Waals surface area contributed by atoms with Crippen molar-refractivity contribution in [3.63, 3.8) is 0 Å². The first kappa shape index (κ1) is 12.4. The number of hydrogen-bond donors (Lipinski definition) is 1. The van der Waals surface area contributed by atoms with Crippen LogP contribution in [0.25, 0.3) is 16.6 Å². The summed E-state index contributed by atoms with van der Waals surface area (Å²) in [5.41, 5.74) is 1.93. The van der Waals surface area contributed by atoms with Crippen LogP contribution in [-0.4, -0.2) is 27.1 Å². The molecule has 2 heterocycles.